The molecule has 2 aromatic heterocycles. The molecule has 3 atom stereocenters. The monoisotopic (exact) mass is 464 g/mol. The lowest BCUT2D eigenvalue weighted by molar-refractivity contribution is 0.0325. The summed E-state index contributed by atoms with van der Waals surface area (Å²) in [5, 5.41) is 9.87. The summed E-state index contributed by atoms with van der Waals surface area (Å²) in [4.78, 5) is 26.3. The maximum Gasteiger partial charge on any atom is 0.259 e. The average molecular weight is 465 g/mol. The Labute approximate surface area is 202 Å². The second-order valence-corrected chi connectivity index (χ2v) is 9.73. The molecule has 4 rings (SSSR count). The van der Waals surface area contributed by atoms with E-state index in [9.17, 15) is 9.90 Å². The molecule has 0 saturated heterocycles. The summed E-state index contributed by atoms with van der Waals surface area (Å²) in [6, 6.07) is 5.68. The van der Waals surface area contributed by atoms with E-state index >= 15 is 0 Å². The van der Waals surface area contributed by atoms with Crippen LogP contribution in [-0.2, 0) is 6.54 Å². The van der Waals surface area contributed by atoms with Crippen LogP contribution in [0.15, 0.2) is 42.9 Å². The van der Waals surface area contributed by atoms with Gasteiger partial charge in [-0.15, -0.1) is 0 Å². The zero-order chi connectivity index (χ0) is 24.1. The topological polar surface area (TPSA) is 78.8 Å². The number of likely N-dealkylation sites (N-methyl/N-ethyl adjacent to an activating group) is 1. The minimum atomic E-state index is -0.284. The normalized spacial score (nSPS) is 21.9. The minimum Gasteiger partial charge on any atom is -0.472 e. The van der Waals surface area contributed by atoms with E-state index in [-0.39, 0.29) is 30.6 Å². The van der Waals surface area contributed by atoms with Crippen molar-refractivity contribution in [3.8, 4) is 5.88 Å². The molecule has 7 nitrogen and oxygen atoms in total. The lowest BCUT2D eigenvalue weighted by Crippen LogP contribution is -2.49. The highest BCUT2D eigenvalue weighted by atomic mass is 16.5. The van der Waals surface area contributed by atoms with Crippen LogP contribution >= 0.6 is 0 Å². The fourth-order valence-electron chi connectivity index (χ4n) is 4.77. The van der Waals surface area contributed by atoms with Crippen molar-refractivity contribution in [1.29, 1.82) is 0 Å². The van der Waals surface area contributed by atoms with Gasteiger partial charge in [0.1, 0.15) is 11.7 Å². The molecule has 0 aromatic carbocycles. The molecule has 1 N–H and O–H groups in total. The van der Waals surface area contributed by atoms with Gasteiger partial charge in [0, 0.05) is 44.1 Å². The number of hydrogen-bond acceptors (Lipinski definition) is 6. The van der Waals surface area contributed by atoms with E-state index in [1.807, 2.05) is 31.3 Å². The smallest absolute Gasteiger partial charge is 0.259 e. The van der Waals surface area contributed by atoms with Gasteiger partial charge in [-0.3, -0.25) is 14.7 Å². The van der Waals surface area contributed by atoms with E-state index in [4.69, 9.17) is 4.74 Å². The summed E-state index contributed by atoms with van der Waals surface area (Å²) in [7, 11) is 2.07. The van der Waals surface area contributed by atoms with Gasteiger partial charge in [0.2, 0.25) is 5.88 Å². The Morgan fingerprint density at radius 1 is 1.29 bits per heavy atom. The molecule has 0 fully saturated rings. The second kappa shape index (κ2) is 11.1. The highest BCUT2D eigenvalue weighted by Gasteiger charge is 2.34. The molecule has 0 spiro atoms. The van der Waals surface area contributed by atoms with E-state index in [1.165, 1.54) is 17.6 Å². The van der Waals surface area contributed by atoms with Gasteiger partial charge in [0.15, 0.2) is 0 Å². The number of amides is 1. The fourth-order valence-corrected chi connectivity index (χ4v) is 4.77. The Hall–Kier alpha value is -2.77. The van der Waals surface area contributed by atoms with Crippen LogP contribution in [0.4, 0.5) is 0 Å². The third-order valence-corrected chi connectivity index (χ3v) is 6.88. The molecule has 0 unspecified atom stereocenters. The predicted octanol–water partition coefficient (Wildman–Crippen LogP) is 3.79. The number of allylic oxidation sites excluding steroid dienone is 2. The van der Waals surface area contributed by atoms with Crippen molar-refractivity contribution in [2.45, 2.75) is 58.2 Å². The van der Waals surface area contributed by atoms with Crippen LogP contribution in [0.2, 0.25) is 0 Å². The standard InChI is InChI=1S/C27H36N4O3/c1-19-15-31(20(2)18-32)27(33)24-13-23(22-7-5-4-6-8-22)14-29-26(24)34-25(19)17-30(3)16-21-9-11-28-12-10-21/h7,9-14,19-20,25,32H,4-6,8,15-18H2,1-3H3/t19-,20-,25+/m0/s1. The minimum absolute atomic E-state index is 0.0634. The van der Waals surface area contributed by atoms with Crippen molar-refractivity contribution in [3.63, 3.8) is 0 Å². The fraction of sp³-hybridized carbons (Fsp3) is 0.519. The lowest BCUT2D eigenvalue weighted by Gasteiger charge is -2.37. The van der Waals surface area contributed by atoms with Crippen LogP contribution in [0.1, 0.15) is 61.0 Å². The van der Waals surface area contributed by atoms with E-state index in [0.717, 1.165) is 31.4 Å². The van der Waals surface area contributed by atoms with Crippen molar-refractivity contribution in [1.82, 2.24) is 19.8 Å². The molecule has 182 valence electrons. The van der Waals surface area contributed by atoms with Gasteiger partial charge in [-0.05, 0) is 74.6 Å². The Bertz CT molecular complexity index is 1010. The number of pyridine rings is 2. The highest BCUT2D eigenvalue weighted by Crippen LogP contribution is 2.32. The third-order valence-electron chi connectivity index (χ3n) is 6.88. The largest absolute Gasteiger partial charge is 0.472 e. The maximum absolute atomic E-state index is 13.6. The number of aliphatic hydroxyl groups is 1. The Balaban J connectivity index is 1.63. The average Bonchev–Trinajstić information content (AvgIpc) is 2.86. The van der Waals surface area contributed by atoms with Crippen molar-refractivity contribution in [2.24, 2.45) is 5.92 Å². The SMILES string of the molecule is C[C@H]1CN([C@@H](C)CO)C(=O)c2cc(C3=CCCCC3)cnc2O[C@@H]1CN(C)Cc1ccncc1. The number of carbonyl (C=O) groups is 1. The van der Waals surface area contributed by atoms with Gasteiger partial charge < -0.3 is 14.7 Å². The highest BCUT2D eigenvalue weighted by molar-refractivity contribution is 5.97. The summed E-state index contributed by atoms with van der Waals surface area (Å²) in [6.07, 6.45) is 12.0. The number of fused-ring (bicyclic) bond motifs is 1. The predicted molar refractivity (Wildman–Crippen MR) is 132 cm³/mol. The molecule has 0 radical (unpaired) electrons. The maximum atomic E-state index is 13.6. The van der Waals surface area contributed by atoms with Crippen molar-refractivity contribution >= 4 is 11.5 Å². The summed E-state index contributed by atoms with van der Waals surface area (Å²) in [5.74, 6) is 0.320. The summed E-state index contributed by atoms with van der Waals surface area (Å²) in [5.41, 5.74) is 3.91. The molecule has 1 amide bonds. The summed E-state index contributed by atoms with van der Waals surface area (Å²) in [6.45, 7) is 5.88. The third kappa shape index (κ3) is 5.65. The van der Waals surface area contributed by atoms with Crippen LogP contribution in [0.3, 0.4) is 0 Å². The molecule has 0 bridgehead atoms. The number of rotatable bonds is 7. The molecule has 2 aromatic rings. The van der Waals surface area contributed by atoms with Gasteiger partial charge >= 0.3 is 0 Å². The van der Waals surface area contributed by atoms with Crippen molar-refractivity contribution < 1.29 is 14.6 Å². The van der Waals surface area contributed by atoms with E-state index in [0.29, 0.717) is 24.5 Å². The van der Waals surface area contributed by atoms with E-state index < -0.39 is 0 Å². The number of aliphatic hydroxyl groups excluding tert-OH is 1. The molecular formula is C27H36N4O3. The first-order valence-corrected chi connectivity index (χ1v) is 12.3. The summed E-state index contributed by atoms with van der Waals surface area (Å²) >= 11 is 0. The number of ether oxygens (including phenoxy) is 1. The number of hydrogen-bond donors (Lipinski definition) is 1. The van der Waals surface area contributed by atoms with Crippen LogP contribution < -0.4 is 4.74 Å². The Morgan fingerprint density at radius 2 is 2.09 bits per heavy atom. The molecule has 2 aliphatic rings. The molecular weight excluding hydrogens is 428 g/mol. The van der Waals surface area contributed by atoms with Crippen LogP contribution in [0.5, 0.6) is 5.88 Å². The molecule has 34 heavy (non-hydrogen) atoms. The number of carbonyl (C=O) groups excluding carboxylic acids is 1. The zero-order valence-corrected chi connectivity index (χ0v) is 20.5. The van der Waals surface area contributed by atoms with Crippen LogP contribution in [0, 0.1) is 5.92 Å². The van der Waals surface area contributed by atoms with Gasteiger partial charge in [-0.2, -0.15) is 0 Å². The number of aromatic nitrogens is 2. The first-order chi connectivity index (χ1) is 16.5. The van der Waals surface area contributed by atoms with E-state index in [2.05, 4.69) is 34.9 Å². The Morgan fingerprint density at radius 3 is 2.79 bits per heavy atom. The zero-order valence-electron chi connectivity index (χ0n) is 20.5. The second-order valence-electron chi connectivity index (χ2n) is 9.73. The molecule has 1 aliphatic heterocycles. The quantitative estimate of drug-likeness (QED) is 0.672. The molecule has 3 heterocycles. The van der Waals surface area contributed by atoms with Crippen LogP contribution in [0.25, 0.3) is 5.57 Å². The molecule has 0 saturated carbocycles. The van der Waals surface area contributed by atoms with Gasteiger partial charge in [-0.1, -0.05) is 13.0 Å². The van der Waals surface area contributed by atoms with Crippen molar-refractivity contribution in [3.05, 3.63) is 59.6 Å². The van der Waals surface area contributed by atoms with Gasteiger partial charge in [0.25, 0.3) is 5.91 Å². The molecule has 7 heteroatoms. The van der Waals surface area contributed by atoms with Gasteiger partial charge in [-0.25, -0.2) is 4.98 Å². The Kier molecular flexibility index (Phi) is 7.95. The first-order valence-electron chi connectivity index (χ1n) is 12.3. The summed E-state index contributed by atoms with van der Waals surface area (Å²) < 4.78 is 6.44. The first kappa shape index (κ1) is 24.4. The lowest BCUT2D eigenvalue weighted by atomic mass is 9.93. The molecule has 1 aliphatic carbocycles. The number of nitrogens with zero attached hydrogens (tertiary/aromatic N) is 4. The van der Waals surface area contributed by atoms with E-state index in [1.54, 1.807) is 17.3 Å². The van der Waals surface area contributed by atoms with Crippen LogP contribution in [-0.4, -0.2) is 69.7 Å². The van der Waals surface area contributed by atoms with Gasteiger partial charge in [0.05, 0.1) is 12.6 Å². The van der Waals surface area contributed by atoms with Crippen molar-refractivity contribution in [2.75, 3.05) is 26.7 Å².